The fraction of sp³-hybridized carbons (Fsp3) is 0. The number of rotatable bonds is 0. The summed E-state index contributed by atoms with van der Waals surface area (Å²) in [6.07, 6.45) is 0. The van der Waals surface area contributed by atoms with Crippen LogP contribution in [0.2, 0.25) is 5.02 Å². The molecule has 0 amide bonds. The van der Waals surface area contributed by atoms with E-state index in [0.717, 1.165) is 12.1 Å². The summed E-state index contributed by atoms with van der Waals surface area (Å²) in [7, 11) is -5.67. The molecule has 80 valence electrons. The highest BCUT2D eigenvalue weighted by atomic mass is 35.5. The largest absolute Gasteiger partial charge is 0.476 e. The molecule has 0 radical (unpaired) electrons. The van der Waals surface area contributed by atoms with Crippen LogP contribution in [0.25, 0.3) is 0 Å². The van der Waals surface area contributed by atoms with E-state index in [2.05, 4.69) is 0 Å². The molecule has 1 rings (SSSR count). The molecule has 0 saturated heterocycles. The molecule has 14 heavy (non-hydrogen) atoms. The van der Waals surface area contributed by atoms with Gasteiger partial charge in [0.05, 0.1) is 0 Å². The van der Waals surface area contributed by atoms with Crippen LogP contribution < -0.4 is 0 Å². The average Bonchev–Trinajstić information content (AvgIpc) is 1.97. The predicted molar refractivity (Wildman–Crippen MR) is 42.5 cm³/mol. The van der Waals surface area contributed by atoms with Gasteiger partial charge in [-0.15, -0.1) is 0 Å². The average molecular weight is 251 g/mol. The van der Waals surface area contributed by atoms with E-state index in [9.17, 15) is 16.6 Å². The van der Waals surface area contributed by atoms with Crippen molar-refractivity contribution in [2.45, 2.75) is 0 Å². The molecule has 0 bridgehead atoms. The van der Waals surface area contributed by atoms with Crippen LogP contribution in [0, 0.1) is 11.6 Å². The summed E-state index contributed by atoms with van der Waals surface area (Å²) < 4.78 is 61.0. The smallest absolute Gasteiger partial charge is 0.205 e. The van der Waals surface area contributed by atoms with E-state index in [1.54, 1.807) is 0 Å². The lowest BCUT2D eigenvalue weighted by atomic mass is 10.3. The minimum atomic E-state index is -5.67. The van der Waals surface area contributed by atoms with Crippen LogP contribution >= 0.6 is 11.6 Å². The summed E-state index contributed by atoms with van der Waals surface area (Å²) in [6, 6.07) is 3.47. The van der Waals surface area contributed by atoms with E-state index in [0.29, 0.717) is 0 Å². The third kappa shape index (κ3) is 6.67. The Bertz CT molecular complexity index is 378. The summed E-state index contributed by atoms with van der Waals surface area (Å²) in [5, 5.41) is -0.447. The molecule has 0 aliphatic carbocycles. The maximum atomic E-state index is 12.2. The zero-order valence-corrected chi connectivity index (χ0v) is 7.92. The number of hydrogen-bond donors (Lipinski definition) is 0. The van der Waals surface area contributed by atoms with Crippen LogP contribution in [0.15, 0.2) is 18.2 Å². The Hall–Kier alpha value is -0.820. The first-order valence-electron chi connectivity index (χ1n) is 2.95. The van der Waals surface area contributed by atoms with Gasteiger partial charge in [-0.3, -0.25) is 0 Å². The van der Waals surface area contributed by atoms with Gasteiger partial charge in [0.2, 0.25) is 0 Å². The van der Waals surface area contributed by atoms with Gasteiger partial charge in [-0.2, -0.15) is 8.42 Å². The van der Waals surface area contributed by atoms with Crippen LogP contribution in [0.4, 0.5) is 16.6 Å². The van der Waals surface area contributed by atoms with Gasteiger partial charge in [0.25, 0.3) is 0 Å². The number of benzene rings is 1. The Labute approximate surface area is 82.6 Å². The summed E-state index contributed by atoms with van der Waals surface area (Å²) >= 11 is 5.13. The van der Waals surface area contributed by atoms with Crippen LogP contribution in [0.3, 0.4) is 0 Å². The molecule has 0 heterocycles. The van der Waals surface area contributed by atoms with Gasteiger partial charge < -0.3 is 0 Å². The highest BCUT2D eigenvalue weighted by Gasteiger charge is 2.02. The summed E-state index contributed by atoms with van der Waals surface area (Å²) in [6.45, 7) is 0. The SMILES string of the molecule is Fc1cccc(F)c1Cl.O=S(=O)(F)F. The predicted octanol–water partition coefficient (Wildman–Crippen LogP) is 2.79. The summed E-state index contributed by atoms with van der Waals surface area (Å²) in [4.78, 5) is 0. The molecule has 0 spiro atoms. The van der Waals surface area contributed by atoms with Gasteiger partial charge >= 0.3 is 10.6 Å². The summed E-state index contributed by atoms with van der Waals surface area (Å²) in [5.41, 5.74) is 0. The Morgan fingerprint density at radius 3 is 1.57 bits per heavy atom. The first-order chi connectivity index (χ1) is 6.22. The van der Waals surface area contributed by atoms with Crippen LogP contribution in [-0.2, 0) is 10.6 Å². The van der Waals surface area contributed by atoms with E-state index in [1.807, 2.05) is 0 Å². The van der Waals surface area contributed by atoms with Crippen LogP contribution in [0.5, 0.6) is 0 Å². The van der Waals surface area contributed by atoms with E-state index >= 15 is 0 Å². The standard InChI is InChI=1S/C6H3ClF2.F2O2S/c7-6-4(8)2-1-3-5(6)9;1-5(2,3)4/h1-3H;. The van der Waals surface area contributed by atoms with E-state index < -0.39 is 27.3 Å². The van der Waals surface area contributed by atoms with Gasteiger partial charge in [-0.1, -0.05) is 25.4 Å². The Morgan fingerprint density at radius 1 is 1.07 bits per heavy atom. The summed E-state index contributed by atoms with van der Waals surface area (Å²) in [5.74, 6) is -1.45. The van der Waals surface area contributed by atoms with E-state index in [1.165, 1.54) is 6.07 Å². The zero-order chi connectivity index (χ0) is 11.4. The molecule has 0 aliphatic heterocycles. The molecular formula is C6H3ClF4O2S. The van der Waals surface area contributed by atoms with Crippen molar-refractivity contribution in [3.63, 3.8) is 0 Å². The lowest BCUT2D eigenvalue weighted by molar-refractivity contribution is 0.501. The molecule has 0 fully saturated rings. The number of halogens is 5. The van der Waals surface area contributed by atoms with E-state index in [-0.39, 0.29) is 0 Å². The Balaban J connectivity index is 0.000000292. The van der Waals surface area contributed by atoms with Gasteiger partial charge in [0.15, 0.2) is 0 Å². The monoisotopic (exact) mass is 250 g/mol. The molecular weight excluding hydrogens is 248 g/mol. The third-order valence-corrected chi connectivity index (χ3v) is 1.27. The highest BCUT2D eigenvalue weighted by Crippen LogP contribution is 2.16. The Morgan fingerprint density at radius 2 is 1.36 bits per heavy atom. The Kier molecular flexibility index (Phi) is 4.86. The van der Waals surface area contributed by atoms with Crippen LogP contribution in [0.1, 0.15) is 0 Å². The van der Waals surface area contributed by atoms with Gasteiger partial charge in [0, 0.05) is 0 Å². The van der Waals surface area contributed by atoms with Crippen molar-refractivity contribution in [2.24, 2.45) is 0 Å². The second kappa shape index (κ2) is 5.16. The van der Waals surface area contributed by atoms with Gasteiger partial charge in [-0.25, -0.2) is 8.78 Å². The molecule has 0 saturated carbocycles. The van der Waals surface area contributed by atoms with Crippen molar-refractivity contribution < 1.29 is 25.0 Å². The third-order valence-electron chi connectivity index (χ3n) is 0.904. The van der Waals surface area contributed by atoms with Gasteiger partial charge in [0.1, 0.15) is 16.7 Å². The lowest BCUT2D eigenvalue weighted by Gasteiger charge is -1.91. The van der Waals surface area contributed by atoms with Crippen molar-refractivity contribution in [1.29, 1.82) is 0 Å². The molecule has 0 unspecified atom stereocenters. The quantitative estimate of drug-likeness (QED) is 0.403. The molecule has 8 heteroatoms. The zero-order valence-electron chi connectivity index (χ0n) is 6.35. The second-order valence-corrected chi connectivity index (χ2v) is 3.05. The first kappa shape index (κ1) is 13.2. The molecule has 0 N–H and O–H groups in total. The topological polar surface area (TPSA) is 34.1 Å². The highest BCUT2D eigenvalue weighted by molar-refractivity contribution is 7.81. The maximum absolute atomic E-state index is 12.2. The minimum Gasteiger partial charge on any atom is -0.205 e. The molecule has 0 atom stereocenters. The van der Waals surface area contributed by atoms with Crippen molar-refractivity contribution in [3.05, 3.63) is 34.9 Å². The molecule has 0 aliphatic rings. The molecule has 2 nitrogen and oxygen atoms in total. The van der Waals surface area contributed by atoms with Crippen LogP contribution in [-0.4, -0.2) is 8.42 Å². The second-order valence-electron chi connectivity index (χ2n) is 1.91. The van der Waals surface area contributed by atoms with Crippen molar-refractivity contribution in [3.8, 4) is 0 Å². The molecule has 1 aromatic carbocycles. The lowest BCUT2D eigenvalue weighted by Crippen LogP contribution is -1.79. The fourth-order valence-electron chi connectivity index (χ4n) is 0.477. The van der Waals surface area contributed by atoms with Crippen molar-refractivity contribution in [1.82, 2.24) is 0 Å². The fourth-order valence-corrected chi connectivity index (χ4v) is 0.603. The van der Waals surface area contributed by atoms with Crippen molar-refractivity contribution >= 4 is 22.2 Å². The molecule has 1 aromatic rings. The minimum absolute atomic E-state index is 0.447. The van der Waals surface area contributed by atoms with E-state index in [4.69, 9.17) is 20.0 Å². The first-order valence-corrected chi connectivity index (χ1v) is 4.61. The maximum Gasteiger partial charge on any atom is 0.476 e. The normalized spacial score (nSPS) is 10.4. The van der Waals surface area contributed by atoms with Crippen molar-refractivity contribution in [2.75, 3.05) is 0 Å². The number of hydrogen-bond acceptors (Lipinski definition) is 2. The molecule has 0 aromatic heterocycles. The van der Waals surface area contributed by atoms with Gasteiger partial charge in [-0.05, 0) is 12.1 Å².